The summed E-state index contributed by atoms with van der Waals surface area (Å²) in [5.41, 5.74) is 0.369. The van der Waals surface area contributed by atoms with Crippen molar-refractivity contribution in [1.29, 1.82) is 0 Å². The first-order valence-corrected chi connectivity index (χ1v) is 9.19. The van der Waals surface area contributed by atoms with Gasteiger partial charge in [-0.2, -0.15) is 8.78 Å². The van der Waals surface area contributed by atoms with Crippen molar-refractivity contribution in [2.45, 2.75) is 18.1 Å². The van der Waals surface area contributed by atoms with Crippen LogP contribution in [0.4, 0.5) is 8.78 Å². The third-order valence-corrected chi connectivity index (χ3v) is 4.48. The zero-order valence-corrected chi connectivity index (χ0v) is 14.8. The number of hydrogen-bond donors (Lipinski definition) is 0. The number of esters is 1. The molecular weight excluding hydrogens is 370 g/mol. The van der Waals surface area contributed by atoms with Crippen LogP contribution in [0.25, 0.3) is 0 Å². The SMILES string of the molecule is COc1cc(COC(=O)c2ccccc2S(C)(=O)=O)ccc1OC(F)F. The lowest BCUT2D eigenvalue weighted by Gasteiger charge is -2.12. The van der Waals surface area contributed by atoms with Crippen molar-refractivity contribution in [3.8, 4) is 11.5 Å². The number of sulfone groups is 1. The van der Waals surface area contributed by atoms with E-state index in [2.05, 4.69) is 4.74 Å². The summed E-state index contributed by atoms with van der Waals surface area (Å²) in [5.74, 6) is -0.923. The van der Waals surface area contributed by atoms with Crippen LogP contribution in [0, 0.1) is 0 Å². The van der Waals surface area contributed by atoms with E-state index in [1.807, 2.05) is 0 Å². The number of benzene rings is 2. The smallest absolute Gasteiger partial charge is 0.387 e. The van der Waals surface area contributed by atoms with E-state index in [0.717, 1.165) is 6.26 Å². The first kappa shape index (κ1) is 19.6. The van der Waals surface area contributed by atoms with E-state index in [0.29, 0.717) is 5.56 Å². The van der Waals surface area contributed by atoms with Crippen LogP contribution in [0.1, 0.15) is 15.9 Å². The Morgan fingerprint density at radius 2 is 1.81 bits per heavy atom. The van der Waals surface area contributed by atoms with Gasteiger partial charge in [0.05, 0.1) is 17.6 Å². The van der Waals surface area contributed by atoms with Gasteiger partial charge < -0.3 is 14.2 Å². The molecule has 0 bridgehead atoms. The van der Waals surface area contributed by atoms with Crippen LogP contribution < -0.4 is 9.47 Å². The molecule has 26 heavy (non-hydrogen) atoms. The molecule has 0 saturated heterocycles. The molecule has 6 nitrogen and oxygen atoms in total. The number of carbonyl (C=O) groups is 1. The number of hydrogen-bond acceptors (Lipinski definition) is 6. The lowest BCUT2D eigenvalue weighted by molar-refractivity contribution is -0.0512. The summed E-state index contributed by atoms with van der Waals surface area (Å²) in [6.45, 7) is -3.21. The number of alkyl halides is 2. The third kappa shape index (κ3) is 4.92. The summed E-state index contributed by atoms with van der Waals surface area (Å²) in [6, 6.07) is 9.75. The molecule has 0 radical (unpaired) electrons. The first-order valence-electron chi connectivity index (χ1n) is 7.30. The van der Waals surface area contributed by atoms with Crippen LogP contribution in [0.5, 0.6) is 11.5 Å². The Morgan fingerprint density at radius 3 is 2.42 bits per heavy atom. The van der Waals surface area contributed by atoms with Crippen molar-refractivity contribution in [3.63, 3.8) is 0 Å². The highest BCUT2D eigenvalue weighted by molar-refractivity contribution is 7.90. The molecule has 2 aromatic carbocycles. The Balaban J connectivity index is 2.16. The normalized spacial score (nSPS) is 11.3. The molecule has 0 fully saturated rings. The van der Waals surface area contributed by atoms with Gasteiger partial charge in [-0.25, -0.2) is 13.2 Å². The maximum absolute atomic E-state index is 12.3. The summed E-state index contributed by atoms with van der Waals surface area (Å²) in [5, 5.41) is 0. The van der Waals surface area contributed by atoms with E-state index in [9.17, 15) is 22.0 Å². The number of ether oxygens (including phenoxy) is 3. The minimum Gasteiger partial charge on any atom is -0.493 e. The van der Waals surface area contributed by atoms with Crippen molar-refractivity contribution >= 4 is 15.8 Å². The lowest BCUT2D eigenvalue weighted by Crippen LogP contribution is -2.11. The van der Waals surface area contributed by atoms with Crippen molar-refractivity contribution < 1.29 is 36.2 Å². The Kier molecular flexibility index (Phi) is 6.14. The van der Waals surface area contributed by atoms with Crippen LogP contribution in [0.15, 0.2) is 47.4 Å². The van der Waals surface area contributed by atoms with Crippen LogP contribution >= 0.6 is 0 Å². The van der Waals surface area contributed by atoms with Gasteiger partial charge in [-0.3, -0.25) is 0 Å². The second-order valence-electron chi connectivity index (χ2n) is 5.21. The van der Waals surface area contributed by atoms with Crippen molar-refractivity contribution in [3.05, 3.63) is 53.6 Å². The molecule has 0 unspecified atom stereocenters. The molecule has 0 spiro atoms. The quantitative estimate of drug-likeness (QED) is 0.681. The van der Waals surface area contributed by atoms with Crippen LogP contribution in [-0.2, 0) is 21.2 Å². The molecule has 0 heterocycles. The Bertz CT molecular complexity index is 896. The largest absolute Gasteiger partial charge is 0.493 e. The average Bonchev–Trinajstić information content (AvgIpc) is 2.59. The molecular formula is C17H16F2O6S. The number of methoxy groups -OCH3 is 1. The van der Waals surface area contributed by atoms with E-state index in [1.165, 1.54) is 49.6 Å². The summed E-state index contributed by atoms with van der Waals surface area (Å²) in [7, 11) is -2.31. The van der Waals surface area contributed by atoms with Gasteiger partial charge in [-0.05, 0) is 29.8 Å². The van der Waals surface area contributed by atoms with E-state index < -0.39 is 22.4 Å². The zero-order valence-electron chi connectivity index (χ0n) is 13.9. The summed E-state index contributed by atoms with van der Waals surface area (Å²) >= 11 is 0. The average molecular weight is 386 g/mol. The third-order valence-electron chi connectivity index (χ3n) is 3.32. The monoisotopic (exact) mass is 386 g/mol. The molecule has 0 aliphatic heterocycles. The van der Waals surface area contributed by atoms with E-state index in [1.54, 1.807) is 0 Å². The molecule has 2 rings (SSSR count). The molecule has 0 aliphatic carbocycles. The van der Waals surface area contributed by atoms with Gasteiger partial charge in [-0.15, -0.1) is 0 Å². The predicted molar refractivity (Wildman–Crippen MR) is 88.3 cm³/mol. The summed E-state index contributed by atoms with van der Waals surface area (Å²) in [6.07, 6.45) is 0.992. The van der Waals surface area contributed by atoms with E-state index in [4.69, 9.17) is 9.47 Å². The van der Waals surface area contributed by atoms with Crippen LogP contribution in [-0.4, -0.2) is 34.4 Å². The number of carbonyl (C=O) groups excluding carboxylic acids is 1. The minimum absolute atomic E-state index is 0.0513. The molecule has 0 saturated carbocycles. The van der Waals surface area contributed by atoms with Crippen molar-refractivity contribution in [2.24, 2.45) is 0 Å². The van der Waals surface area contributed by atoms with Gasteiger partial charge in [0.1, 0.15) is 6.61 Å². The highest BCUT2D eigenvalue weighted by Gasteiger charge is 2.19. The molecule has 0 N–H and O–H groups in total. The van der Waals surface area contributed by atoms with Crippen LogP contribution in [0.2, 0.25) is 0 Å². The number of rotatable bonds is 7. The topological polar surface area (TPSA) is 78.9 Å². The lowest BCUT2D eigenvalue weighted by atomic mass is 10.2. The maximum Gasteiger partial charge on any atom is 0.387 e. The van der Waals surface area contributed by atoms with Gasteiger partial charge in [-0.1, -0.05) is 18.2 Å². The van der Waals surface area contributed by atoms with Crippen molar-refractivity contribution in [2.75, 3.05) is 13.4 Å². The number of halogens is 2. The van der Waals surface area contributed by atoms with Crippen LogP contribution in [0.3, 0.4) is 0 Å². The first-order chi connectivity index (χ1) is 12.2. The Hall–Kier alpha value is -2.68. The maximum atomic E-state index is 12.3. The highest BCUT2D eigenvalue weighted by atomic mass is 32.2. The molecule has 0 atom stereocenters. The Morgan fingerprint density at radius 1 is 1.12 bits per heavy atom. The molecule has 140 valence electrons. The molecule has 0 aliphatic rings. The fraction of sp³-hybridized carbons (Fsp3) is 0.235. The zero-order chi connectivity index (χ0) is 19.3. The summed E-state index contributed by atoms with van der Waals surface area (Å²) in [4.78, 5) is 12.1. The highest BCUT2D eigenvalue weighted by Crippen LogP contribution is 2.29. The second-order valence-corrected chi connectivity index (χ2v) is 7.19. The second kappa shape index (κ2) is 8.13. The van der Waals surface area contributed by atoms with Gasteiger partial charge >= 0.3 is 12.6 Å². The molecule has 0 aromatic heterocycles. The van der Waals surface area contributed by atoms with Gasteiger partial charge in [0.2, 0.25) is 0 Å². The van der Waals surface area contributed by atoms with Crippen molar-refractivity contribution in [1.82, 2.24) is 0 Å². The predicted octanol–water partition coefficient (Wildman–Crippen LogP) is 3.06. The molecule has 9 heteroatoms. The van der Waals surface area contributed by atoms with Gasteiger partial charge in [0.25, 0.3) is 0 Å². The molecule has 2 aromatic rings. The Labute approximate surface area is 149 Å². The van der Waals surface area contributed by atoms with E-state index >= 15 is 0 Å². The fourth-order valence-corrected chi connectivity index (χ4v) is 3.06. The standard InChI is InChI=1S/C17H16F2O6S/c1-23-14-9-11(7-8-13(14)25-17(18)19)10-24-16(20)12-5-3-4-6-15(12)26(2,21)22/h3-9,17H,10H2,1-2H3. The summed E-state index contributed by atoms with van der Waals surface area (Å²) < 4.78 is 62.5. The minimum atomic E-state index is -3.60. The van der Waals surface area contributed by atoms with E-state index in [-0.39, 0.29) is 28.6 Å². The molecule has 0 amide bonds. The van der Waals surface area contributed by atoms with Gasteiger partial charge in [0.15, 0.2) is 21.3 Å². The fourth-order valence-electron chi connectivity index (χ4n) is 2.18. The van der Waals surface area contributed by atoms with Gasteiger partial charge in [0, 0.05) is 6.26 Å².